The molecule has 66 valence electrons. The fourth-order valence-electron chi connectivity index (χ4n) is 0.843. The topological polar surface area (TPSA) is 55.1 Å². The summed E-state index contributed by atoms with van der Waals surface area (Å²) in [6.07, 6.45) is 3.30. The van der Waals surface area contributed by atoms with Gasteiger partial charge in [0.1, 0.15) is 0 Å². The van der Waals surface area contributed by atoms with Crippen LogP contribution in [0, 0.1) is 0 Å². The molecule has 0 rings (SSSR count). The number of hydrogen-bond acceptors (Lipinski definition) is 2. The Balaban J connectivity index is 3.22. The normalized spacial score (nSPS) is 12.6. The molecule has 0 spiro atoms. The molecule has 3 N–H and O–H groups in total. The molecule has 3 heteroatoms. The number of rotatable bonds is 5. The van der Waals surface area contributed by atoms with E-state index in [-0.39, 0.29) is 11.9 Å². The molecule has 0 radical (unpaired) electrons. The Labute approximate surface area is 68.3 Å². The van der Waals surface area contributed by atoms with Gasteiger partial charge in [0, 0.05) is 19.5 Å². The number of nitrogens with one attached hydrogen (secondary N) is 1. The molecule has 0 aliphatic carbocycles. The summed E-state index contributed by atoms with van der Waals surface area (Å²) in [5.74, 6) is -0.00283. The molecule has 0 heterocycles. The Morgan fingerprint density at radius 2 is 2.27 bits per heavy atom. The molecular weight excluding hydrogens is 140 g/mol. The van der Waals surface area contributed by atoms with Crippen molar-refractivity contribution in [1.29, 1.82) is 0 Å². The highest BCUT2D eigenvalue weighted by atomic mass is 16.1. The van der Waals surface area contributed by atoms with Gasteiger partial charge >= 0.3 is 0 Å². The highest BCUT2D eigenvalue weighted by Gasteiger charge is 2.01. The maximum atomic E-state index is 10.5. The number of nitrogens with two attached hydrogens (primary N) is 1. The Morgan fingerprint density at radius 1 is 1.64 bits per heavy atom. The molecule has 0 aliphatic heterocycles. The smallest absolute Gasteiger partial charge is 0.216 e. The lowest BCUT2D eigenvalue weighted by Gasteiger charge is -2.10. The Hall–Kier alpha value is -0.570. The van der Waals surface area contributed by atoms with E-state index in [9.17, 15) is 4.79 Å². The fourth-order valence-corrected chi connectivity index (χ4v) is 0.843. The van der Waals surface area contributed by atoms with Crippen LogP contribution in [-0.4, -0.2) is 18.5 Å². The number of carbonyl (C=O) groups is 1. The highest BCUT2D eigenvalue weighted by molar-refractivity contribution is 5.72. The number of amides is 1. The minimum Gasteiger partial charge on any atom is -0.355 e. The second-order valence-electron chi connectivity index (χ2n) is 2.84. The molecule has 0 aromatic heterocycles. The van der Waals surface area contributed by atoms with Crippen LogP contribution in [0.1, 0.15) is 33.1 Å². The van der Waals surface area contributed by atoms with Gasteiger partial charge in [0.05, 0.1) is 0 Å². The van der Waals surface area contributed by atoms with Gasteiger partial charge in [0.15, 0.2) is 0 Å². The third kappa shape index (κ3) is 7.33. The summed E-state index contributed by atoms with van der Waals surface area (Å²) in [6, 6.07) is 0.124. The van der Waals surface area contributed by atoms with Crippen molar-refractivity contribution in [3.63, 3.8) is 0 Å². The molecule has 0 unspecified atom stereocenters. The van der Waals surface area contributed by atoms with E-state index in [0.717, 1.165) is 19.3 Å². The summed E-state index contributed by atoms with van der Waals surface area (Å²) < 4.78 is 0. The molecule has 0 aliphatic rings. The van der Waals surface area contributed by atoms with Crippen molar-refractivity contribution in [1.82, 2.24) is 5.32 Å². The maximum Gasteiger partial charge on any atom is 0.216 e. The first-order valence-corrected chi connectivity index (χ1v) is 4.16. The molecule has 0 saturated heterocycles. The first kappa shape index (κ1) is 10.4. The van der Waals surface area contributed by atoms with Gasteiger partial charge in [0.2, 0.25) is 5.91 Å². The Morgan fingerprint density at radius 3 is 2.73 bits per heavy atom. The number of hydrogen-bond donors (Lipinski definition) is 2. The zero-order valence-electron chi connectivity index (χ0n) is 7.39. The minimum absolute atomic E-state index is 0.00283. The van der Waals surface area contributed by atoms with Gasteiger partial charge in [-0.2, -0.15) is 0 Å². The van der Waals surface area contributed by atoms with Crippen molar-refractivity contribution < 1.29 is 4.79 Å². The zero-order chi connectivity index (χ0) is 8.69. The molecule has 0 aromatic rings. The second-order valence-corrected chi connectivity index (χ2v) is 2.84. The number of carbonyl (C=O) groups excluding carboxylic acids is 1. The molecule has 0 aromatic carbocycles. The van der Waals surface area contributed by atoms with Crippen LogP contribution < -0.4 is 11.1 Å². The molecular formula is C8H18N2O. The SMILES string of the molecule is CCCC[C@@H](N)CNC(C)=O. The predicted octanol–water partition coefficient (Wildman–Crippen LogP) is 0.640. The third-order valence-corrected chi connectivity index (χ3v) is 1.54. The largest absolute Gasteiger partial charge is 0.355 e. The lowest BCUT2D eigenvalue weighted by Crippen LogP contribution is -2.35. The lowest BCUT2D eigenvalue weighted by atomic mass is 10.1. The van der Waals surface area contributed by atoms with Crippen molar-refractivity contribution in [3.8, 4) is 0 Å². The van der Waals surface area contributed by atoms with E-state index in [1.54, 1.807) is 0 Å². The van der Waals surface area contributed by atoms with Gasteiger partial charge in [-0.3, -0.25) is 4.79 Å². The second kappa shape index (κ2) is 6.16. The van der Waals surface area contributed by atoms with Crippen molar-refractivity contribution >= 4 is 5.91 Å². The summed E-state index contributed by atoms with van der Waals surface area (Å²) in [5, 5.41) is 2.69. The highest BCUT2D eigenvalue weighted by Crippen LogP contribution is 1.96. The Bertz CT molecular complexity index is 115. The van der Waals surface area contributed by atoms with Crippen LogP contribution in [0.15, 0.2) is 0 Å². The molecule has 0 fully saturated rings. The van der Waals surface area contributed by atoms with Crippen LogP contribution in [0.2, 0.25) is 0 Å². The van der Waals surface area contributed by atoms with Crippen LogP contribution in [0.3, 0.4) is 0 Å². The molecule has 1 amide bonds. The summed E-state index contributed by atoms with van der Waals surface area (Å²) >= 11 is 0. The van der Waals surface area contributed by atoms with Crippen LogP contribution in [0.5, 0.6) is 0 Å². The zero-order valence-corrected chi connectivity index (χ0v) is 7.39. The van der Waals surface area contributed by atoms with Gasteiger partial charge in [-0.15, -0.1) is 0 Å². The van der Waals surface area contributed by atoms with Crippen LogP contribution in [0.4, 0.5) is 0 Å². The van der Waals surface area contributed by atoms with E-state index in [1.807, 2.05) is 0 Å². The molecule has 1 atom stereocenters. The molecule has 0 bridgehead atoms. The van der Waals surface area contributed by atoms with E-state index in [1.165, 1.54) is 6.92 Å². The van der Waals surface area contributed by atoms with Gasteiger partial charge in [-0.25, -0.2) is 0 Å². The summed E-state index contributed by atoms with van der Waals surface area (Å²) in [6.45, 7) is 4.24. The van der Waals surface area contributed by atoms with Crippen molar-refractivity contribution in [2.45, 2.75) is 39.2 Å². The average molecular weight is 158 g/mol. The van der Waals surface area contributed by atoms with Gasteiger partial charge in [0.25, 0.3) is 0 Å². The van der Waals surface area contributed by atoms with Crippen molar-refractivity contribution in [2.24, 2.45) is 5.73 Å². The quantitative estimate of drug-likeness (QED) is 0.617. The Kier molecular flexibility index (Phi) is 5.84. The van der Waals surface area contributed by atoms with E-state index in [0.29, 0.717) is 6.54 Å². The fraction of sp³-hybridized carbons (Fsp3) is 0.875. The predicted molar refractivity (Wildman–Crippen MR) is 46.2 cm³/mol. The van der Waals surface area contributed by atoms with Gasteiger partial charge < -0.3 is 11.1 Å². The summed E-state index contributed by atoms with van der Waals surface area (Å²) in [4.78, 5) is 10.5. The minimum atomic E-state index is -0.00283. The van der Waals surface area contributed by atoms with E-state index in [2.05, 4.69) is 12.2 Å². The summed E-state index contributed by atoms with van der Waals surface area (Å²) in [5.41, 5.74) is 5.69. The van der Waals surface area contributed by atoms with E-state index in [4.69, 9.17) is 5.73 Å². The summed E-state index contributed by atoms with van der Waals surface area (Å²) in [7, 11) is 0. The van der Waals surface area contributed by atoms with E-state index < -0.39 is 0 Å². The average Bonchev–Trinajstić information content (AvgIpc) is 1.97. The van der Waals surface area contributed by atoms with Crippen LogP contribution in [0.25, 0.3) is 0 Å². The third-order valence-electron chi connectivity index (χ3n) is 1.54. The monoisotopic (exact) mass is 158 g/mol. The lowest BCUT2D eigenvalue weighted by molar-refractivity contribution is -0.119. The van der Waals surface area contributed by atoms with Gasteiger partial charge in [-0.1, -0.05) is 19.8 Å². The van der Waals surface area contributed by atoms with Crippen LogP contribution >= 0.6 is 0 Å². The maximum absolute atomic E-state index is 10.5. The first-order valence-electron chi connectivity index (χ1n) is 4.16. The van der Waals surface area contributed by atoms with Crippen molar-refractivity contribution in [3.05, 3.63) is 0 Å². The first-order chi connectivity index (χ1) is 5.16. The molecule has 3 nitrogen and oxygen atoms in total. The standard InChI is InChI=1S/C8H18N2O/c1-3-4-5-8(9)6-10-7(2)11/h8H,3-6,9H2,1-2H3,(H,10,11)/t8-/m1/s1. The van der Waals surface area contributed by atoms with Crippen molar-refractivity contribution in [2.75, 3.05) is 6.54 Å². The van der Waals surface area contributed by atoms with Gasteiger partial charge in [-0.05, 0) is 6.42 Å². The number of unbranched alkanes of at least 4 members (excludes halogenated alkanes) is 1. The van der Waals surface area contributed by atoms with E-state index >= 15 is 0 Å². The van der Waals surface area contributed by atoms with Crippen LogP contribution in [-0.2, 0) is 4.79 Å². The molecule has 0 saturated carbocycles. The molecule has 11 heavy (non-hydrogen) atoms.